The number of fused-ring (bicyclic) bond motifs is 3. The number of aliphatic hydroxyl groups excluding tert-OH is 2. The average Bonchev–Trinajstić information content (AvgIpc) is 2.99. The fraction of sp³-hybridized carbons (Fsp3) is 0.516. The molecule has 1 fully saturated rings. The van der Waals surface area contributed by atoms with Crippen LogP contribution in [-0.4, -0.2) is 98.4 Å². The highest BCUT2D eigenvalue weighted by atomic mass is 16.7. The van der Waals surface area contributed by atoms with Gasteiger partial charge in [-0.25, -0.2) is 0 Å². The van der Waals surface area contributed by atoms with Crippen molar-refractivity contribution in [3.63, 3.8) is 0 Å². The topological polar surface area (TPSA) is 212 Å². The van der Waals surface area contributed by atoms with Crippen LogP contribution in [0.2, 0.25) is 0 Å². The maximum Gasteiger partial charge on any atom is 0.202 e. The first kappa shape index (κ1) is 31.8. The van der Waals surface area contributed by atoms with Gasteiger partial charge in [-0.2, -0.15) is 0 Å². The molecule has 2 aromatic carbocycles. The van der Waals surface area contributed by atoms with E-state index in [2.05, 4.69) is 5.32 Å². The van der Waals surface area contributed by atoms with Crippen molar-refractivity contribution in [1.29, 1.82) is 0 Å². The van der Waals surface area contributed by atoms with E-state index >= 15 is 0 Å². The quantitative estimate of drug-likeness (QED) is 0.133. The number of phenols is 3. The number of aliphatic hydroxyl groups is 3. The molecule has 3 aliphatic rings. The van der Waals surface area contributed by atoms with Crippen LogP contribution in [0.5, 0.6) is 23.0 Å². The van der Waals surface area contributed by atoms with Crippen molar-refractivity contribution in [2.24, 2.45) is 0 Å². The number of ketones is 3. The molecule has 0 saturated carbocycles. The Kier molecular flexibility index (Phi) is 8.73. The van der Waals surface area contributed by atoms with Gasteiger partial charge in [0, 0.05) is 42.0 Å². The SMILES string of the molecule is CCCCN[C@H]1C[C@H](O[C@H]2C[C@](O)(C(=O)CO)Cc3c(O)c4c(c(O)c32)C(=O)c2c(ccc(O)c2OC)C4=O)O[C@@H](C)[C@H]1O. The Morgan fingerprint density at radius 3 is 2.48 bits per heavy atom. The zero-order valence-corrected chi connectivity index (χ0v) is 24.6. The molecule has 7 N–H and O–H groups in total. The van der Waals surface area contributed by atoms with Gasteiger partial charge in [-0.1, -0.05) is 13.3 Å². The maximum atomic E-state index is 13.8. The van der Waals surface area contributed by atoms with Gasteiger partial charge < -0.3 is 50.2 Å². The van der Waals surface area contributed by atoms with Crippen molar-refractivity contribution in [1.82, 2.24) is 5.32 Å². The molecule has 0 amide bonds. The van der Waals surface area contributed by atoms with Crippen LogP contribution < -0.4 is 10.1 Å². The van der Waals surface area contributed by atoms with Crippen molar-refractivity contribution < 1.29 is 59.2 Å². The summed E-state index contributed by atoms with van der Waals surface area (Å²) in [5.74, 6) is -4.91. The highest BCUT2D eigenvalue weighted by Gasteiger charge is 2.50. The van der Waals surface area contributed by atoms with Gasteiger partial charge in [0.2, 0.25) is 5.78 Å². The van der Waals surface area contributed by atoms with Gasteiger partial charge in [-0.05, 0) is 32.0 Å². The molecule has 2 aromatic rings. The molecule has 0 bridgehead atoms. The molecule has 1 heterocycles. The van der Waals surface area contributed by atoms with Crippen molar-refractivity contribution in [3.8, 4) is 23.0 Å². The number of hydrogen-bond acceptors (Lipinski definition) is 13. The molecule has 6 atom stereocenters. The number of aromatic hydroxyl groups is 3. The van der Waals surface area contributed by atoms with Gasteiger partial charge >= 0.3 is 0 Å². The number of rotatable bonds is 9. The van der Waals surface area contributed by atoms with Crippen LogP contribution in [-0.2, 0) is 20.7 Å². The van der Waals surface area contributed by atoms with E-state index in [4.69, 9.17) is 14.2 Å². The molecule has 0 aromatic heterocycles. The van der Waals surface area contributed by atoms with Gasteiger partial charge in [0.25, 0.3) is 0 Å². The smallest absolute Gasteiger partial charge is 0.202 e. The molecular formula is C31H37NO12. The molecule has 0 unspecified atom stereocenters. The summed E-state index contributed by atoms with van der Waals surface area (Å²) in [6.45, 7) is 3.28. The lowest BCUT2D eigenvalue weighted by Crippen LogP contribution is -2.54. The minimum Gasteiger partial charge on any atom is -0.507 e. The van der Waals surface area contributed by atoms with Gasteiger partial charge in [-0.15, -0.1) is 0 Å². The second kappa shape index (κ2) is 12.1. The van der Waals surface area contributed by atoms with Crippen LogP contribution in [0.3, 0.4) is 0 Å². The second-order valence-electron chi connectivity index (χ2n) is 11.6. The zero-order chi connectivity index (χ0) is 32.1. The first-order valence-electron chi connectivity index (χ1n) is 14.6. The monoisotopic (exact) mass is 615 g/mol. The van der Waals surface area contributed by atoms with E-state index in [1.807, 2.05) is 6.92 Å². The predicted molar refractivity (Wildman–Crippen MR) is 152 cm³/mol. The second-order valence-corrected chi connectivity index (χ2v) is 11.6. The first-order chi connectivity index (χ1) is 20.9. The number of carbonyl (C=O) groups excluding carboxylic acids is 3. The number of ether oxygens (including phenoxy) is 3. The minimum atomic E-state index is -2.27. The van der Waals surface area contributed by atoms with Crippen LogP contribution in [0, 0.1) is 0 Å². The van der Waals surface area contributed by atoms with E-state index in [1.54, 1.807) is 6.92 Å². The van der Waals surface area contributed by atoms with Crippen LogP contribution in [0.15, 0.2) is 12.1 Å². The van der Waals surface area contributed by atoms with Crippen molar-refractivity contribution >= 4 is 17.3 Å². The van der Waals surface area contributed by atoms with Crippen LogP contribution in [0.1, 0.15) is 88.6 Å². The summed E-state index contributed by atoms with van der Waals surface area (Å²) in [4.78, 5) is 40.2. The van der Waals surface area contributed by atoms with Gasteiger partial charge in [0.05, 0.1) is 42.1 Å². The largest absolute Gasteiger partial charge is 0.507 e. The van der Waals surface area contributed by atoms with E-state index in [1.165, 1.54) is 13.2 Å². The molecule has 5 rings (SSSR count). The number of benzene rings is 2. The lowest BCUT2D eigenvalue weighted by Gasteiger charge is -2.43. The van der Waals surface area contributed by atoms with Gasteiger partial charge in [0.15, 0.2) is 29.4 Å². The number of phenolic OH excluding ortho intramolecular Hbond substituents is 3. The molecule has 0 spiro atoms. The Hall–Kier alpha value is -3.59. The highest BCUT2D eigenvalue weighted by Crippen LogP contribution is 2.53. The third-order valence-corrected chi connectivity index (χ3v) is 8.79. The van der Waals surface area contributed by atoms with E-state index in [-0.39, 0.29) is 34.4 Å². The van der Waals surface area contributed by atoms with E-state index in [9.17, 15) is 45.0 Å². The number of Topliss-reactive ketones (excluding diaryl/α,β-unsaturated/α-hetero) is 1. The molecule has 1 saturated heterocycles. The highest BCUT2D eigenvalue weighted by molar-refractivity contribution is 6.31. The third kappa shape index (κ3) is 5.13. The number of nitrogens with one attached hydrogen (secondary N) is 1. The fourth-order valence-electron chi connectivity index (χ4n) is 6.45. The van der Waals surface area contributed by atoms with Crippen molar-refractivity contribution in [3.05, 3.63) is 45.5 Å². The van der Waals surface area contributed by atoms with E-state index < -0.39 is 101 Å². The maximum absolute atomic E-state index is 13.8. The number of carbonyl (C=O) groups is 3. The normalized spacial score (nSPS) is 27.8. The summed E-state index contributed by atoms with van der Waals surface area (Å²) in [6, 6.07) is 1.90. The van der Waals surface area contributed by atoms with E-state index in [0.29, 0.717) is 6.54 Å². The molecule has 238 valence electrons. The van der Waals surface area contributed by atoms with Crippen LogP contribution in [0.25, 0.3) is 0 Å². The molecule has 13 heteroatoms. The zero-order valence-electron chi connectivity index (χ0n) is 24.6. The Morgan fingerprint density at radius 2 is 1.82 bits per heavy atom. The van der Waals surface area contributed by atoms with Crippen molar-refractivity contribution in [2.75, 3.05) is 20.3 Å². The summed E-state index contributed by atoms with van der Waals surface area (Å²) < 4.78 is 17.3. The third-order valence-electron chi connectivity index (χ3n) is 8.79. The average molecular weight is 616 g/mol. The molecule has 0 radical (unpaired) electrons. The summed E-state index contributed by atoms with van der Waals surface area (Å²) in [5.41, 5.74) is -4.21. The molecule has 44 heavy (non-hydrogen) atoms. The standard InChI is InChI=1S/C31H37NO12/c1-4-5-8-32-16-9-20(43-13(2)25(16)36)44-18-11-31(41,19(35)12-33)10-15-21(18)28(39)24-23(27(15)38)26(37)14-6-7-17(34)30(42-3)22(14)29(24)40/h6-7,13,16,18,20,25,32-34,36,38-39,41H,4-5,8-12H2,1-3H3/t13-,16-,18-,20-,25+,31-/m0/s1. The summed E-state index contributed by atoms with van der Waals surface area (Å²) in [6.07, 6.45) is -3.07. The van der Waals surface area contributed by atoms with Crippen LogP contribution in [0.4, 0.5) is 0 Å². The number of hydrogen-bond donors (Lipinski definition) is 7. The fourth-order valence-corrected chi connectivity index (χ4v) is 6.45. The molecule has 13 nitrogen and oxygen atoms in total. The van der Waals surface area contributed by atoms with Gasteiger partial charge in [-0.3, -0.25) is 14.4 Å². The summed E-state index contributed by atoms with van der Waals surface area (Å²) in [5, 5.41) is 68.4. The Balaban J connectivity index is 1.62. The first-order valence-corrected chi connectivity index (χ1v) is 14.6. The van der Waals surface area contributed by atoms with E-state index in [0.717, 1.165) is 18.9 Å². The Bertz CT molecular complexity index is 1510. The lowest BCUT2D eigenvalue weighted by molar-refractivity contribution is -0.249. The Labute approximate surface area is 253 Å². The predicted octanol–water partition coefficient (Wildman–Crippen LogP) is 1.14. The Morgan fingerprint density at radius 1 is 1.11 bits per heavy atom. The molecular weight excluding hydrogens is 578 g/mol. The number of unbranched alkanes of at least 4 members (excludes halogenated alkanes) is 1. The molecule has 1 aliphatic heterocycles. The summed E-state index contributed by atoms with van der Waals surface area (Å²) in [7, 11) is 1.20. The summed E-state index contributed by atoms with van der Waals surface area (Å²) >= 11 is 0. The van der Waals surface area contributed by atoms with Crippen LogP contribution >= 0.6 is 0 Å². The lowest BCUT2D eigenvalue weighted by atomic mass is 9.72. The molecule has 2 aliphatic carbocycles. The minimum absolute atomic E-state index is 0.141. The number of methoxy groups -OCH3 is 1. The van der Waals surface area contributed by atoms with Crippen molar-refractivity contribution in [2.45, 2.75) is 82.2 Å². The van der Waals surface area contributed by atoms with Gasteiger partial charge in [0.1, 0.15) is 23.7 Å².